The Labute approximate surface area is 227 Å². The third-order valence-electron chi connectivity index (χ3n) is 5.58. The number of imide groups is 1. The van der Waals surface area contributed by atoms with Crippen molar-refractivity contribution in [2.24, 2.45) is 10.5 Å². The smallest absolute Gasteiger partial charge is 0.465 e. The lowest BCUT2D eigenvalue weighted by atomic mass is 9.82. The van der Waals surface area contributed by atoms with E-state index in [2.05, 4.69) is 14.6 Å². The summed E-state index contributed by atoms with van der Waals surface area (Å²) in [5.41, 5.74) is -3.33. The Kier molecular flexibility index (Phi) is 8.57. The number of ether oxygens (including phenoxy) is 3. The summed E-state index contributed by atoms with van der Waals surface area (Å²) in [6.45, 7) is 2.23. The molecular formula is C24H20ClF6N3O6. The highest BCUT2D eigenvalue weighted by Crippen LogP contribution is 2.39. The minimum atomic E-state index is -4.99. The lowest BCUT2D eigenvalue weighted by molar-refractivity contribution is -0.274. The summed E-state index contributed by atoms with van der Waals surface area (Å²) in [7, 11) is 0.940. The summed E-state index contributed by atoms with van der Waals surface area (Å²) < 4.78 is 90.7. The fourth-order valence-corrected chi connectivity index (χ4v) is 4.06. The molecule has 3 amide bonds. The lowest BCUT2D eigenvalue weighted by Gasteiger charge is -2.26. The van der Waals surface area contributed by atoms with Crippen molar-refractivity contribution < 1.29 is 54.9 Å². The Morgan fingerprint density at radius 1 is 1.07 bits per heavy atom. The number of nitrogens with zero attached hydrogens (tertiary/aromatic N) is 3. The van der Waals surface area contributed by atoms with Crippen molar-refractivity contribution in [3.63, 3.8) is 0 Å². The summed E-state index contributed by atoms with van der Waals surface area (Å²) in [6.07, 6.45) is -11.0. The van der Waals surface area contributed by atoms with Crippen LogP contribution in [0.3, 0.4) is 0 Å². The molecule has 1 unspecified atom stereocenters. The molecule has 1 aliphatic rings. The number of hydrogen-bond acceptors (Lipinski definition) is 7. The maximum atomic E-state index is 13.5. The van der Waals surface area contributed by atoms with Crippen LogP contribution >= 0.6 is 11.6 Å². The van der Waals surface area contributed by atoms with E-state index >= 15 is 0 Å². The van der Waals surface area contributed by atoms with E-state index in [1.165, 1.54) is 13.8 Å². The second kappa shape index (κ2) is 11.2. The average molecular weight is 596 g/mol. The van der Waals surface area contributed by atoms with E-state index in [4.69, 9.17) is 16.3 Å². The van der Waals surface area contributed by atoms with Gasteiger partial charge in [0.25, 0.3) is 0 Å². The van der Waals surface area contributed by atoms with Crippen molar-refractivity contribution in [1.29, 1.82) is 0 Å². The molecule has 2 aromatic carbocycles. The van der Waals surface area contributed by atoms with Crippen LogP contribution in [0.1, 0.15) is 25.0 Å². The van der Waals surface area contributed by atoms with Crippen molar-refractivity contribution in [3.8, 4) is 5.75 Å². The van der Waals surface area contributed by atoms with Gasteiger partial charge in [-0.2, -0.15) is 23.2 Å². The Morgan fingerprint density at radius 3 is 2.20 bits per heavy atom. The highest BCUT2D eigenvalue weighted by molar-refractivity contribution is 6.32. The van der Waals surface area contributed by atoms with Gasteiger partial charge in [0.15, 0.2) is 0 Å². The number of alkyl halides is 6. The first-order valence-corrected chi connectivity index (χ1v) is 11.6. The van der Waals surface area contributed by atoms with Crippen LogP contribution in [-0.4, -0.2) is 55.4 Å². The number of carbonyl (C=O) groups is 3. The summed E-state index contributed by atoms with van der Waals surface area (Å²) >= 11 is 5.85. The third-order valence-corrected chi connectivity index (χ3v) is 5.89. The summed E-state index contributed by atoms with van der Waals surface area (Å²) in [6, 6.07) is 5.05. The molecule has 0 saturated heterocycles. The largest absolute Gasteiger partial charge is 0.573 e. The van der Waals surface area contributed by atoms with E-state index in [1.54, 1.807) is 0 Å². The van der Waals surface area contributed by atoms with Crippen LogP contribution in [0.5, 0.6) is 5.75 Å². The van der Waals surface area contributed by atoms with Gasteiger partial charge in [-0.1, -0.05) is 17.7 Å². The van der Waals surface area contributed by atoms with Crippen molar-refractivity contribution in [2.45, 2.75) is 26.4 Å². The van der Waals surface area contributed by atoms with Crippen LogP contribution in [0.15, 0.2) is 47.6 Å². The molecule has 0 aliphatic carbocycles. The zero-order valence-electron chi connectivity index (χ0n) is 20.9. The van der Waals surface area contributed by atoms with Crippen LogP contribution < -0.4 is 9.64 Å². The Bertz CT molecular complexity index is 1330. The molecule has 0 bridgehead atoms. The molecule has 0 fully saturated rings. The first-order chi connectivity index (χ1) is 18.5. The van der Waals surface area contributed by atoms with E-state index in [9.17, 15) is 40.7 Å². The minimum absolute atomic E-state index is 0.0397. The number of carbonyl (C=O) groups excluding carboxylic acids is 3. The van der Waals surface area contributed by atoms with Gasteiger partial charge in [0.05, 0.1) is 42.2 Å². The highest BCUT2D eigenvalue weighted by atomic mass is 35.5. The second-order valence-electron chi connectivity index (χ2n) is 8.38. The van der Waals surface area contributed by atoms with E-state index in [1.807, 2.05) is 0 Å². The Balaban J connectivity index is 2.05. The van der Waals surface area contributed by atoms with Crippen LogP contribution in [0.25, 0.3) is 0 Å². The zero-order valence-corrected chi connectivity index (χ0v) is 21.6. The predicted molar refractivity (Wildman–Crippen MR) is 128 cm³/mol. The number of methoxy groups -OCH3 is 1. The molecule has 1 aliphatic heterocycles. The molecule has 0 saturated carbocycles. The molecule has 0 N–H and O–H groups in total. The molecule has 40 heavy (non-hydrogen) atoms. The fraction of sp³-hybridized carbons (Fsp3) is 0.333. The normalized spacial score (nSPS) is 17.2. The van der Waals surface area contributed by atoms with Gasteiger partial charge in [-0.25, -0.2) is 14.6 Å². The minimum Gasteiger partial charge on any atom is -0.465 e. The first-order valence-electron chi connectivity index (χ1n) is 11.2. The van der Waals surface area contributed by atoms with E-state index in [-0.39, 0.29) is 23.6 Å². The monoisotopic (exact) mass is 595 g/mol. The van der Waals surface area contributed by atoms with Crippen LogP contribution in [-0.2, 0) is 20.4 Å². The molecule has 9 nitrogen and oxygen atoms in total. The quantitative estimate of drug-likeness (QED) is 0.300. The van der Waals surface area contributed by atoms with E-state index in [0.29, 0.717) is 16.0 Å². The Morgan fingerprint density at radius 2 is 1.70 bits per heavy atom. The van der Waals surface area contributed by atoms with Crippen molar-refractivity contribution in [3.05, 3.63) is 58.6 Å². The molecule has 1 atom stereocenters. The highest BCUT2D eigenvalue weighted by Gasteiger charge is 2.50. The van der Waals surface area contributed by atoms with Gasteiger partial charge in [0.2, 0.25) is 0 Å². The molecule has 0 aromatic heterocycles. The van der Waals surface area contributed by atoms with Crippen molar-refractivity contribution in [2.75, 3.05) is 25.2 Å². The fourth-order valence-electron chi connectivity index (χ4n) is 3.77. The average Bonchev–Trinajstić information content (AvgIpc) is 3.22. The predicted octanol–water partition coefficient (Wildman–Crippen LogP) is 6.24. The number of esters is 1. The molecule has 0 spiro atoms. The van der Waals surface area contributed by atoms with Crippen LogP contribution in [0, 0.1) is 5.41 Å². The van der Waals surface area contributed by atoms with Gasteiger partial charge in [-0.05, 0) is 50.2 Å². The summed E-state index contributed by atoms with van der Waals surface area (Å²) in [5.74, 6) is -1.51. The lowest BCUT2D eigenvalue weighted by Crippen LogP contribution is -2.47. The van der Waals surface area contributed by atoms with Crippen molar-refractivity contribution in [1.82, 2.24) is 5.01 Å². The number of hydrazone groups is 1. The van der Waals surface area contributed by atoms with Gasteiger partial charge in [-0.3, -0.25) is 4.79 Å². The topological polar surface area (TPSA) is 97.7 Å². The number of anilines is 1. The maximum Gasteiger partial charge on any atom is 0.573 e. The van der Waals surface area contributed by atoms with Crippen LogP contribution in [0.4, 0.5) is 41.6 Å². The number of amides is 3. The molecular weight excluding hydrogens is 576 g/mol. The molecule has 216 valence electrons. The number of urea groups is 1. The van der Waals surface area contributed by atoms with Gasteiger partial charge in [0, 0.05) is 5.56 Å². The third kappa shape index (κ3) is 6.41. The van der Waals surface area contributed by atoms with Crippen molar-refractivity contribution >= 4 is 41.1 Å². The Hall–Kier alpha value is -4.01. The van der Waals surface area contributed by atoms with Gasteiger partial charge in [0.1, 0.15) is 11.2 Å². The van der Waals surface area contributed by atoms with Gasteiger partial charge < -0.3 is 14.2 Å². The number of hydrogen-bond donors (Lipinski definition) is 0. The van der Waals surface area contributed by atoms with Crippen LogP contribution in [0.2, 0.25) is 5.02 Å². The maximum absolute atomic E-state index is 13.5. The molecule has 0 radical (unpaired) electrons. The first kappa shape index (κ1) is 30.5. The van der Waals surface area contributed by atoms with E-state index < -0.39 is 58.9 Å². The molecule has 1 heterocycles. The summed E-state index contributed by atoms with van der Waals surface area (Å²) in [4.78, 5) is 39.4. The number of halogens is 7. The summed E-state index contributed by atoms with van der Waals surface area (Å²) in [5, 5.41) is 4.10. The van der Waals surface area contributed by atoms with E-state index in [0.717, 1.165) is 43.5 Å². The van der Waals surface area contributed by atoms with Gasteiger partial charge in [-0.15, -0.1) is 13.2 Å². The molecule has 16 heteroatoms. The van der Waals surface area contributed by atoms with Gasteiger partial charge >= 0.3 is 30.6 Å². The standard InChI is InChI=1S/C24H20ClF6N3O6/c1-4-39-19(35)22(2)12-33(32-18(22)13-5-10-16(17(25)11-13)23(26,27)28)20(36)34(21(37)38-3)14-6-8-15(9-7-14)40-24(29,30)31/h5-11H,4,12H2,1-3H3. The number of rotatable bonds is 5. The molecule has 3 rings (SSSR count). The second-order valence-corrected chi connectivity index (χ2v) is 8.79. The molecule has 2 aromatic rings. The SMILES string of the molecule is CCOC(=O)C1(C)CN(C(=O)N(C(=O)OC)c2ccc(OC(F)(F)F)cc2)N=C1c1ccc(C(F)(F)F)c(Cl)c1. The number of benzene rings is 2. The zero-order chi connectivity index (χ0) is 30.0.